The Balaban J connectivity index is 2.42. The van der Waals surface area contributed by atoms with Gasteiger partial charge in [0.05, 0.1) is 18.2 Å². The van der Waals surface area contributed by atoms with E-state index in [1.165, 1.54) is 11.1 Å². The molecule has 2 aromatic rings. The zero-order valence-electron chi connectivity index (χ0n) is 9.04. The van der Waals surface area contributed by atoms with Crippen molar-refractivity contribution >= 4 is 5.57 Å². The lowest BCUT2D eigenvalue weighted by Gasteiger charge is -2.06. The van der Waals surface area contributed by atoms with Crippen LogP contribution in [0, 0.1) is 13.8 Å². The molecule has 0 saturated carbocycles. The van der Waals surface area contributed by atoms with Crippen LogP contribution in [0.15, 0.2) is 37.3 Å². The van der Waals surface area contributed by atoms with E-state index in [0.717, 1.165) is 16.8 Å². The van der Waals surface area contributed by atoms with Crippen LogP contribution in [-0.2, 0) is 0 Å². The number of nitrogens with zero attached hydrogens (tertiary/aromatic N) is 1. The van der Waals surface area contributed by atoms with Crippen LogP contribution in [0.5, 0.6) is 0 Å². The van der Waals surface area contributed by atoms with Gasteiger partial charge in [-0.3, -0.25) is 0 Å². The van der Waals surface area contributed by atoms with Gasteiger partial charge in [0.1, 0.15) is 0 Å². The Bertz CT molecular complexity index is 461. The molecule has 0 atom stereocenters. The number of hydrogen-bond acceptors (Lipinski definition) is 1. The molecular formula is C13H14N2. The molecule has 15 heavy (non-hydrogen) atoms. The summed E-state index contributed by atoms with van der Waals surface area (Å²) < 4.78 is 0. The third-order valence-electron chi connectivity index (χ3n) is 2.39. The average molecular weight is 198 g/mol. The second-order valence-electron chi connectivity index (χ2n) is 3.82. The quantitative estimate of drug-likeness (QED) is 0.789. The molecule has 0 amide bonds. The number of imidazole rings is 1. The minimum Gasteiger partial charge on any atom is -0.345 e. The molecule has 1 heterocycles. The van der Waals surface area contributed by atoms with Crippen molar-refractivity contribution in [1.29, 1.82) is 0 Å². The van der Waals surface area contributed by atoms with Gasteiger partial charge in [-0.05, 0) is 25.0 Å². The van der Waals surface area contributed by atoms with Gasteiger partial charge in [0, 0.05) is 0 Å². The molecule has 0 bridgehead atoms. The summed E-state index contributed by atoms with van der Waals surface area (Å²) in [4.78, 5) is 7.06. The van der Waals surface area contributed by atoms with Gasteiger partial charge in [-0.1, -0.05) is 35.9 Å². The number of aryl methyl sites for hydroxylation is 2. The Hall–Kier alpha value is -1.83. The van der Waals surface area contributed by atoms with Crippen molar-refractivity contribution < 1.29 is 0 Å². The van der Waals surface area contributed by atoms with E-state index in [1.54, 1.807) is 12.5 Å². The Morgan fingerprint density at radius 2 is 1.87 bits per heavy atom. The molecule has 2 nitrogen and oxygen atoms in total. The van der Waals surface area contributed by atoms with E-state index < -0.39 is 0 Å². The molecule has 0 unspecified atom stereocenters. The molecule has 76 valence electrons. The topological polar surface area (TPSA) is 28.7 Å². The fourth-order valence-electron chi connectivity index (χ4n) is 1.73. The van der Waals surface area contributed by atoms with Crippen molar-refractivity contribution in [3.8, 4) is 0 Å². The van der Waals surface area contributed by atoms with E-state index in [4.69, 9.17) is 0 Å². The fraction of sp³-hybridized carbons (Fsp3) is 0.154. The highest BCUT2D eigenvalue weighted by molar-refractivity contribution is 5.76. The van der Waals surface area contributed by atoms with E-state index in [0.29, 0.717) is 0 Å². The van der Waals surface area contributed by atoms with Crippen molar-refractivity contribution in [3.05, 3.63) is 59.7 Å². The number of aromatic nitrogens is 2. The van der Waals surface area contributed by atoms with Gasteiger partial charge in [0.25, 0.3) is 0 Å². The molecule has 0 aliphatic carbocycles. The van der Waals surface area contributed by atoms with E-state index in [2.05, 4.69) is 48.6 Å². The van der Waals surface area contributed by atoms with Crippen LogP contribution in [0.3, 0.4) is 0 Å². The lowest BCUT2D eigenvalue weighted by molar-refractivity contribution is 1.29. The average Bonchev–Trinajstić information content (AvgIpc) is 2.67. The van der Waals surface area contributed by atoms with E-state index >= 15 is 0 Å². The molecule has 1 aromatic heterocycles. The number of aromatic amines is 1. The Kier molecular flexibility index (Phi) is 2.42. The first-order valence-electron chi connectivity index (χ1n) is 4.93. The standard InChI is InChI=1S/C13H14N2/c1-9-4-10(2)6-12(5-9)11(3)13-7-14-8-15-13/h4-8H,3H2,1-2H3,(H,14,15). The van der Waals surface area contributed by atoms with Crippen LogP contribution in [0.25, 0.3) is 5.57 Å². The third kappa shape index (κ3) is 1.99. The van der Waals surface area contributed by atoms with Crippen molar-refractivity contribution in [2.24, 2.45) is 0 Å². The van der Waals surface area contributed by atoms with Crippen molar-refractivity contribution in [3.63, 3.8) is 0 Å². The van der Waals surface area contributed by atoms with Crippen LogP contribution in [-0.4, -0.2) is 9.97 Å². The smallest absolute Gasteiger partial charge is 0.0924 e. The Morgan fingerprint density at radius 3 is 2.40 bits per heavy atom. The predicted octanol–water partition coefficient (Wildman–Crippen LogP) is 3.09. The maximum absolute atomic E-state index is 4.08. The summed E-state index contributed by atoms with van der Waals surface area (Å²) in [7, 11) is 0. The van der Waals surface area contributed by atoms with Gasteiger partial charge in [-0.15, -0.1) is 0 Å². The molecule has 2 rings (SSSR count). The first-order valence-corrected chi connectivity index (χ1v) is 4.93. The fourth-order valence-corrected chi connectivity index (χ4v) is 1.73. The second kappa shape index (κ2) is 3.73. The van der Waals surface area contributed by atoms with E-state index in [9.17, 15) is 0 Å². The molecule has 0 aliphatic heterocycles. The minimum atomic E-state index is 0.972. The summed E-state index contributed by atoms with van der Waals surface area (Å²) in [6.07, 6.45) is 3.46. The monoisotopic (exact) mass is 198 g/mol. The van der Waals surface area contributed by atoms with Gasteiger partial charge in [0.15, 0.2) is 0 Å². The van der Waals surface area contributed by atoms with E-state index in [-0.39, 0.29) is 0 Å². The summed E-state index contributed by atoms with van der Waals surface area (Å²) in [6, 6.07) is 6.43. The molecule has 2 heteroatoms. The number of H-pyrrole nitrogens is 1. The summed E-state index contributed by atoms with van der Waals surface area (Å²) >= 11 is 0. The number of nitrogens with one attached hydrogen (secondary N) is 1. The van der Waals surface area contributed by atoms with Gasteiger partial charge >= 0.3 is 0 Å². The summed E-state index contributed by atoms with van der Waals surface area (Å²) in [6.45, 7) is 8.27. The molecule has 0 spiro atoms. The maximum atomic E-state index is 4.08. The molecule has 1 aromatic carbocycles. The first kappa shape index (κ1) is 9.71. The molecule has 1 N–H and O–H groups in total. The Morgan fingerprint density at radius 1 is 1.20 bits per heavy atom. The van der Waals surface area contributed by atoms with Crippen molar-refractivity contribution in [2.75, 3.05) is 0 Å². The van der Waals surface area contributed by atoms with Crippen molar-refractivity contribution in [2.45, 2.75) is 13.8 Å². The zero-order valence-corrected chi connectivity index (χ0v) is 9.04. The first-order chi connectivity index (χ1) is 7.16. The summed E-state index contributed by atoms with van der Waals surface area (Å²) in [5, 5.41) is 0. The van der Waals surface area contributed by atoms with Gasteiger partial charge in [-0.2, -0.15) is 0 Å². The van der Waals surface area contributed by atoms with Crippen LogP contribution in [0.4, 0.5) is 0 Å². The maximum Gasteiger partial charge on any atom is 0.0924 e. The highest BCUT2D eigenvalue weighted by Crippen LogP contribution is 2.21. The molecule has 0 aliphatic rings. The van der Waals surface area contributed by atoms with Crippen LogP contribution in [0.2, 0.25) is 0 Å². The normalized spacial score (nSPS) is 10.3. The highest BCUT2D eigenvalue weighted by Gasteiger charge is 2.04. The van der Waals surface area contributed by atoms with Gasteiger partial charge in [-0.25, -0.2) is 4.98 Å². The second-order valence-corrected chi connectivity index (χ2v) is 3.82. The molecule has 0 fully saturated rings. The summed E-state index contributed by atoms with van der Waals surface area (Å²) in [5.41, 5.74) is 5.62. The minimum absolute atomic E-state index is 0.972. The molecule has 0 saturated heterocycles. The highest BCUT2D eigenvalue weighted by atomic mass is 14.9. The van der Waals surface area contributed by atoms with Gasteiger partial charge in [0.2, 0.25) is 0 Å². The lowest BCUT2D eigenvalue weighted by atomic mass is 10.0. The van der Waals surface area contributed by atoms with E-state index in [1.807, 2.05) is 0 Å². The number of rotatable bonds is 2. The summed E-state index contributed by atoms with van der Waals surface area (Å²) in [5.74, 6) is 0. The largest absolute Gasteiger partial charge is 0.345 e. The van der Waals surface area contributed by atoms with Crippen LogP contribution < -0.4 is 0 Å². The SMILES string of the molecule is C=C(c1cc(C)cc(C)c1)c1cnc[nH]1. The lowest BCUT2D eigenvalue weighted by Crippen LogP contribution is -1.88. The van der Waals surface area contributed by atoms with Gasteiger partial charge < -0.3 is 4.98 Å². The zero-order chi connectivity index (χ0) is 10.8. The van der Waals surface area contributed by atoms with Crippen LogP contribution >= 0.6 is 0 Å². The molecular weight excluding hydrogens is 184 g/mol. The van der Waals surface area contributed by atoms with Crippen LogP contribution in [0.1, 0.15) is 22.4 Å². The number of benzene rings is 1. The predicted molar refractivity (Wildman–Crippen MR) is 62.6 cm³/mol. The Labute approximate surface area is 89.7 Å². The van der Waals surface area contributed by atoms with Crippen molar-refractivity contribution in [1.82, 2.24) is 9.97 Å². The number of hydrogen-bond donors (Lipinski definition) is 1. The third-order valence-corrected chi connectivity index (χ3v) is 2.39. The molecule has 0 radical (unpaired) electrons.